The van der Waals surface area contributed by atoms with Gasteiger partial charge in [-0.15, -0.1) is 0 Å². The van der Waals surface area contributed by atoms with Crippen LogP contribution in [0.15, 0.2) is 24.3 Å². The second kappa shape index (κ2) is 7.01. The molecule has 0 heterocycles. The first-order valence-electron chi connectivity index (χ1n) is 7.23. The summed E-state index contributed by atoms with van der Waals surface area (Å²) < 4.78 is 13.7. The molecular weight excluding hydrogens is 239 g/mol. The standard InChI is InChI=1S/C16H27FN2/c1-5-16(4,19(6-2)7-3)15(18)12-13-10-8-9-11-14(13)17/h8-11,15H,5-7,12,18H2,1-4H3. The van der Waals surface area contributed by atoms with E-state index in [1.165, 1.54) is 6.07 Å². The summed E-state index contributed by atoms with van der Waals surface area (Å²) in [5, 5.41) is 0. The molecule has 3 heteroatoms. The molecule has 0 amide bonds. The van der Waals surface area contributed by atoms with Gasteiger partial charge in [0.2, 0.25) is 0 Å². The summed E-state index contributed by atoms with van der Waals surface area (Å²) in [6, 6.07) is 6.84. The van der Waals surface area contributed by atoms with Crippen molar-refractivity contribution in [2.75, 3.05) is 13.1 Å². The van der Waals surface area contributed by atoms with Crippen molar-refractivity contribution in [2.24, 2.45) is 5.73 Å². The van der Waals surface area contributed by atoms with Gasteiger partial charge in [0.25, 0.3) is 0 Å². The number of halogens is 1. The van der Waals surface area contributed by atoms with Crippen LogP contribution in [0.1, 0.15) is 39.7 Å². The van der Waals surface area contributed by atoms with Crippen molar-refractivity contribution in [3.05, 3.63) is 35.6 Å². The molecule has 2 atom stereocenters. The quantitative estimate of drug-likeness (QED) is 0.821. The number of benzene rings is 1. The molecule has 2 nitrogen and oxygen atoms in total. The normalized spacial score (nSPS) is 16.4. The van der Waals surface area contributed by atoms with E-state index in [0.29, 0.717) is 12.0 Å². The summed E-state index contributed by atoms with van der Waals surface area (Å²) in [7, 11) is 0. The van der Waals surface area contributed by atoms with Gasteiger partial charge in [0.05, 0.1) is 0 Å². The summed E-state index contributed by atoms with van der Waals surface area (Å²) in [6.07, 6.45) is 1.54. The highest BCUT2D eigenvalue weighted by Gasteiger charge is 2.34. The van der Waals surface area contributed by atoms with Crippen LogP contribution in [0.3, 0.4) is 0 Å². The molecule has 108 valence electrons. The van der Waals surface area contributed by atoms with Crippen molar-refractivity contribution >= 4 is 0 Å². The molecule has 0 aromatic heterocycles. The van der Waals surface area contributed by atoms with Crippen molar-refractivity contribution in [3.63, 3.8) is 0 Å². The van der Waals surface area contributed by atoms with Gasteiger partial charge >= 0.3 is 0 Å². The molecule has 0 spiro atoms. The van der Waals surface area contributed by atoms with Crippen LogP contribution < -0.4 is 5.73 Å². The Morgan fingerprint density at radius 3 is 2.26 bits per heavy atom. The largest absolute Gasteiger partial charge is 0.326 e. The number of nitrogens with zero attached hydrogens (tertiary/aromatic N) is 1. The van der Waals surface area contributed by atoms with Crippen molar-refractivity contribution < 1.29 is 4.39 Å². The minimum absolute atomic E-state index is 0.0747. The SMILES string of the molecule is CCN(CC)C(C)(CC)C(N)Cc1ccccc1F. The third-order valence-electron chi connectivity index (χ3n) is 4.40. The van der Waals surface area contributed by atoms with E-state index >= 15 is 0 Å². The van der Waals surface area contributed by atoms with E-state index in [9.17, 15) is 4.39 Å². The van der Waals surface area contributed by atoms with Crippen LogP contribution in [0, 0.1) is 5.82 Å². The molecule has 0 saturated carbocycles. The van der Waals surface area contributed by atoms with Gasteiger partial charge in [-0.3, -0.25) is 4.90 Å². The predicted octanol–water partition coefficient (Wildman–Crippen LogP) is 3.21. The van der Waals surface area contributed by atoms with Crippen LogP contribution in [0.25, 0.3) is 0 Å². The van der Waals surface area contributed by atoms with E-state index in [2.05, 4.69) is 32.6 Å². The van der Waals surface area contributed by atoms with Crippen LogP contribution >= 0.6 is 0 Å². The highest BCUT2D eigenvalue weighted by molar-refractivity contribution is 5.19. The van der Waals surface area contributed by atoms with E-state index in [0.717, 1.165) is 19.5 Å². The van der Waals surface area contributed by atoms with Crippen molar-refractivity contribution in [3.8, 4) is 0 Å². The Morgan fingerprint density at radius 2 is 1.79 bits per heavy atom. The molecule has 0 saturated heterocycles. The Labute approximate surface area is 116 Å². The zero-order valence-electron chi connectivity index (χ0n) is 12.6. The van der Waals surface area contributed by atoms with Crippen molar-refractivity contribution in [1.82, 2.24) is 4.90 Å². The highest BCUT2D eigenvalue weighted by Crippen LogP contribution is 2.25. The lowest BCUT2D eigenvalue weighted by Gasteiger charge is -2.44. The van der Waals surface area contributed by atoms with E-state index in [1.54, 1.807) is 6.07 Å². The van der Waals surface area contributed by atoms with E-state index < -0.39 is 0 Å². The van der Waals surface area contributed by atoms with Crippen molar-refractivity contribution in [2.45, 2.75) is 52.1 Å². The summed E-state index contributed by atoms with van der Waals surface area (Å²) in [5.74, 6) is -0.157. The molecular formula is C16H27FN2. The minimum atomic E-state index is -0.157. The number of rotatable bonds is 7. The maximum atomic E-state index is 13.7. The van der Waals surface area contributed by atoms with Crippen LogP contribution in [-0.2, 0) is 6.42 Å². The van der Waals surface area contributed by atoms with Crippen LogP contribution in [0.2, 0.25) is 0 Å². The number of hydrogen-bond acceptors (Lipinski definition) is 2. The van der Waals surface area contributed by atoms with Gasteiger partial charge in [0.1, 0.15) is 5.82 Å². The van der Waals surface area contributed by atoms with Crippen LogP contribution in [0.4, 0.5) is 4.39 Å². The smallest absolute Gasteiger partial charge is 0.126 e. The molecule has 1 aromatic rings. The van der Waals surface area contributed by atoms with Gasteiger partial charge in [-0.2, -0.15) is 0 Å². The number of hydrogen-bond donors (Lipinski definition) is 1. The summed E-state index contributed by atoms with van der Waals surface area (Å²) in [6.45, 7) is 10.6. The molecule has 0 radical (unpaired) electrons. The molecule has 0 aliphatic carbocycles. The lowest BCUT2D eigenvalue weighted by Crippen LogP contribution is -2.58. The average Bonchev–Trinajstić information content (AvgIpc) is 2.42. The Balaban J connectivity index is 2.90. The Bertz CT molecular complexity index is 390. The third-order valence-corrected chi connectivity index (χ3v) is 4.40. The van der Waals surface area contributed by atoms with Gasteiger partial charge in [-0.05, 0) is 44.5 Å². The number of nitrogens with two attached hydrogens (primary N) is 1. The summed E-state index contributed by atoms with van der Waals surface area (Å²) in [5.41, 5.74) is 7.03. The van der Waals surface area contributed by atoms with Crippen LogP contribution in [-0.4, -0.2) is 29.6 Å². The average molecular weight is 266 g/mol. The third kappa shape index (κ3) is 3.54. The molecule has 2 N–H and O–H groups in total. The fourth-order valence-electron chi connectivity index (χ4n) is 2.79. The first-order chi connectivity index (χ1) is 8.99. The second-order valence-electron chi connectivity index (χ2n) is 5.29. The first kappa shape index (κ1) is 16.1. The van der Waals surface area contributed by atoms with Gasteiger partial charge < -0.3 is 5.73 Å². The molecule has 2 unspecified atom stereocenters. The van der Waals surface area contributed by atoms with Gasteiger partial charge in [-0.25, -0.2) is 4.39 Å². The molecule has 0 bridgehead atoms. The minimum Gasteiger partial charge on any atom is -0.326 e. The van der Waals surface area contributed by atoms with E-state index in [-0.39, 0.29) is 17.4 Å². The Hall–Kier alpha value is -0.930. The fourth-order valence-corrected chi connectivity index (χ4v) is 2.79. The Kier molecular flexibility index (Phi) is 5.95. The van der Waals surface area contributed by atoms with E-state index in [4.69, 9.17) is 5.73 Å². The predicted molar refractivity (Wildman–Crippen MR) is 79.7 cm³/mol. The second-order valence-corrected chi connectivity index (χ2v) is 5.29. The first-order valence-corrected chi connectivity index (χ1v) is 7.23. The zero-order valence-corrected chi connectivity index (χ0v) is 12.6. The molecule has 19 heavy (non-hydrogen) atoms. The molecule has 0 aliphatic heterocycles. The monoisotopic (exact) mass is 266 g/mol. The maximum Gasteiger partial charge on any atom is 0.126 e. The topological polar surface area (TPSA) is 29.3 Å². The lowest BCUT2D eigenvalue weighted by atomic mass is 9.84. The van der Waals surface area contributed by atoms with Gasteiger partial charge in [0.15, 0.2) is 0 Å². The summed E-state index contributed by atoms with van der Waals surface area (Å²) >= 11 is 0. The fraction of sp³-hybridized carbons (Fsp3) is 0.625. The molecule has 0 aliphatic rings. The maximum absolute atomic E-state index is 13.7. The zero-order chi connectivity index (χ0) is 14.5. The highest BCUT2D eigenvalue weighted by atomic mass is 19.1. The van der Waals surface area contributed by atoms with Crippen LogP contribution in [0.5, 0.6) is 0 Å². The van der Waals surface area contributed by atoms with Gasteiger partial charge in [-0.1, -0.05) is 39.0 Å². The van der Waals surface area contributed by atoms with Gasteiger partial charge in [0, 0.05) is 11.6 Å². The molecule has 1 aromatic carbocycles. The molecule has 1 rings (SSSR count). The van der Waals surface area contributed by atoms with E-state index in [1.807, 2.05) is 12.1 Å². The lowest BCUT2D eigenvalue weighted by molar-refractivity contribution is 0.0842. The Morgan fingerprint density at radius 1 is 1.21 bits per heavy atom. The summed E-state index contributed by atoms with van der Waals surface area (Å²) in [4.78, 5) is 2.37. The molecule has 0 fully saturated rings. The number of likely N-dealkylation sites (N-methyl/N-ethyl adjacent to an activating group) is 1. The van der Waals surface area contributed by atoms with Crippen molar-refractivity contribution in [1.29, 1.82) is 0 Å².